The number of nitrogens with one attached hydrogen (secondary N) is 1. The third-order valence-corrected chi connectivity index (χ3v) is 2.35. The van der Waals surface area contributed by atoms with Gasteiger partial charge in [0.2, 0.25) is 0 Å². The van der Waals surface area contributed by atoms with Crippen molar-refractivity contribution in [1.29, 1.82) is 0 Å². The quantitative estimate of drug-likeness (QED) is 0.756. The van der Waals surface area contributed by atoms with Crippen molar-refractivity contribution < 1.29 is 19.4 Å². The molecule has 0 saturated carbocycles. The van der Waals surface area contributed by atoms with E-state index in [1.165, 1.54) is 6.92 Å². The fourth-order valence-corrected chi connectivity index (χ4v) is 1.42. The van der Waals surface area contributed by atoms with Crippen molar-refractivity contribution in [3.8, 4) is 0 Å². The predicted molar refractivity (Wildman–Crippen MR) is 66.0 cm³/mol. The Kier molecular flexibility index (Phi) is 5.32. The first-order chi connectivity index (χ1) is 8.56. The van der Waals surface area contributed by atoms with Crippen LogP contribution in [0.1, 0.15) is 24.2 Å². The first-order valence-electron chi connectivity index (χ1n) is 5.77. The summed E-state index contributed by atoms with van der Waals surface area (Å²) >= 11 is 0. The number of esters is 1. The summed E-state index contributed by atoms with van der Waals surface area (Å²) in [5.74, 6) is -1.06. The summed E-state index contributed by atoms with van der Waals surface area (Å²) in [6, 6.07) is 7.42. The van der Waals surface area contributed by atoms with Crippen LogP contribution in [0, 0.1) is 0 Å². The largest absolute Gasteiger partial charge is 0.464 e. The molecule has 0 aromatic heterocycles. The molecule has 0 aliphatic carbocycles. The molecule has 1 amide bonds. The summed E-state index contributed by atoms with van der Waals surface area (Å²) in [6.07, 6.45) is -1.02. The summed E-state index contributed by atoms with van der Waals surface area (Å²) in [6.45, 7) is 3.28. The SMILES string of the molecule is CCOC(=O)[C@@H](NC(=O)c1ccccc1)[C@@H](C)O. The van der Waals surface area contributed by atoms with Crippen LogP contribution in [0.3, 0.4) is 0 Å². The molecular formula is C13H17NO4. The maximum absolute atomic E-state index is 11.8. The third kappa shape index (κ3) is 3.85. The lowest BCUT2D eigenvalue weighted by Gasteiger charge is -2.19. The number of amides is 1. The number of carbonyl (C=O) groups excluding carboxylic acids is 2. The topological polar surface area (TPSA) is 75.6 Å². The molecule has 2 N–H and O–H groups in total. The van der Waals surface area contributed by atoms with Gasteiger partial charge in [-0.25, -0.2) is 4.79 Å². The van der Waals surface area contributed by atoms with E-state index in [0.29, 0.717) is 5.56 Å². The Balaban J connectivity index is 2.73. The van der Waals surface area contributed by atoms with Crippen molar-refractivity contribution in [2.75, 3.05) is 6.61 Å². The van der Waals surface area contributed by atoms with Crippen LogP contribution in [0.5, 0.6) is 0 Å². The lowest BCUT2D eigenvalue weighted by Crippen LogP contribution is -2.48. The van der Waals surface area contributed by atoms with Crippen molar-refractivity contribution in [3.63, 3.8) is 0 Å². The van der Waals surface area contributed by atoms with E-state index in [-0.39, 0.29) is 6.61 Å². The fraction of sp³-hybridized carbons (Fsp3) is 0.385. The highest BCUT2D eigenvalue weighted by atomic mass is 16.5. The Morgan fingerprint density at radius 1 is 1.33 bits per heavy atom. The van der Waals surface area contributed by atoms with Crippen LogP contribution in [0.4, 0.5) is 0 Å². The molecule has 5 nitrogen and oxygen atoms in total. The molecule has 0 radical (unpaired) electrons. The highest BCUT2D eigenvalue weighted by molar-refractivity contribution is 5.96. The molecule has 98 valence electrons. The lowest BCUT2D eigenvalue weighted by atomic mass is 10.1. The fourth-order valence-electron chi connectivity index (χ4n) is 1.42. The van der Waals surface area contributed by atoms with Gasteiger partial charge in [-0.15, -0.1) is 0 Å². The second kappa shape index (κ2) is 6.76. The Morgan fingerprint density at radius 3 is 2.44 bits per heavy atom. The van der Waals surface area contributed by atoms with E-state index in [4.69, 9.17) is 4.74 Å². The van der Waals surface area contributed by atoms with Crippen LogP contribution >= 0.6 is 0 Å². The predicted octanol–water partition coefficient (Wildman–Crippen LogP) is 0.729. The molecule has 1 aromatic carbocycles. The highest BCUT2D eigenvalue weighted by Gasteiger charge is 2.27. The molecule has 2 atom stereocenters. The molecule has 1 aromatic rings. The average Bonchev–Trinajstić information content (AvgIpc) is 2.36. The Bertz CT molecular complexity index is 403. The molecule has 0 spiro atoms. The Labute approximate surface area is 106 Å². The minimum atomic E-state index is -1.06. The monoisotopic (exact) mass is 251 g/mol. The number of benzene rings is 1. The van der Waals surface area contributed by atoms with E-state index in [9.17, 15) is 14.7 Å². The summed E-state index contributed by atoms with van der Waals surface area (Å²) in [7, 11) is 0. The van der Waals surface area contributed by atoms with E-state index in [1.54, 1.807) is 37.3 Å². The van der Waals surface area contributed by atoms with Gasteiger partial charge in [0.25, 0.3) is 5.91 Å². The van der Waals surface area contributed by atoms with Gasteiger partial charge in [-0.3, -0.25) is 4.79 Å². The van der Waals surface area contributed by atoms with E-state index >= 15 is 0 Å². The zero-order valence-electron chi connectivity index (χ0n) is 10.4. The van der Waals surface area contributed by atoms with Crippen LogP contribution in [0.25, 0.3) is 0 Å². The van der Waals surface area contributed by atoms with E-state index in [1.807, 2.05) is 0 Å². The number of ether oxygens (including phenoxy) is 1. The number of aliphatic hydroxyl groups excluding tert-OH is 1. The molecule has 18 heavy (non-hydrogen) atoms. The normalized spacial score (nSPS) is 13.5. The molecule has 0 fully saturated rings. The first-order valence-corrected chi connectivity index (χ1v) is 5.77. The number of rotatable bonds is 5. The molecule has 0 bridgehead atoms. The number of hydrogen-bond acceptors (Lipinski definition) is 4. The second-order valence-electron chi connectivity index (χ2n) is 3.81. The molecule has 0 saturated heterocycles. The summed E-state index contributed by atoms with van der Waals surface area (Å²) in [5.41, 5.74) is 0.424. The third-order valence-electron chi connectivity index (χ3n) is 2.35. The zero-order valence-corrected chi connectivity index (χ0v) is 10.4. The van der Waals surface area contributed by atoms with Crippen molar-refractivity contribution in [2.45, 2.75) is 26.0 Å². The van der Waals surface area contributed by atoms with Gasteiger partial charge in [0, 0.05) is 5.56 Å². The van der Waals surface area contributed by atoms with E-state index < -0.39 is 24.0 Å². The van der Waals surface area contributed by atoms with Gasteiger partial charge in [0.15, 0.2) is 6.04 Å². The van der Waals surface area contributed by atoms with Crippen molar-refractivity contribution >= 4 is 11.9 Å². The number of carbonyl (C=O) groups is 2. The van der Waals surface area contributed by atoms with Gasteiger partial charge in [-0.1, -0.05) is 18.2 Å². The Hall–Kier alpha value is -1.88. The molecule has 0 aliphatic rings. The van der Waals surface area contributed by atoms with Gasteiger partial charge in [0.05, 0.1) is 12.7 Å². The lowest BCUT2D eigenvalue weighted by molar-refractivity contribution is -0.148. The maximum atomic E-state index is 11.8. The maximum Gasteiger partial charge on any atom is 0.331 e. The van der Waals surface area contributed by atoms with Crippen LogP contribution in [-0.2, 0) is 9.53 Å². The first kappa shape index (κ1) is 14.2. The number of aliphatic hydroxyl groups is 1. The van der Waals surface area contributed by atoms with Gasteiger partial charge >= 0.3 is 5.97 Å². The van der Waals surface area contributed by atoms with E-state index in [2.05, 4.69) is 5.32 Å². The molecular weight excluding hydrogens is 234 g/mol. The molecule has 5 heteroatoms. The second-order valence-corrected chi connectivity index (χ2v) is 3.81. The van der Waals surface area contributed by atoms with Gasteiger partial charge < -0.3 is 15.2 Å². The van der Waals surface area contributed by atoms with Crippen molar-refractivity contribution in [1.82, 2.24) is 5.32 Å². The van der Waals surface area contributed by atoms with Crippen LogP contribution in [0.15, 0.2) is 30.3 Å². The van der Waals surface area contributed by atoms with E-state index in [0.717, 1.165) is 0 Å². The molecule has 0 aliphatic heterocycles. The summed E-state index contributed by atoms with van der Waals surface area (Å²) < 4.78 is 4.79. The molecule has 0 heterocycles. The van der Waals surface area contributed by atoms with Crippen LogP contribution in [-0.4, -0.2) is 35.7 Å². The summed E-state index contributed by atoms with van der Waals surface area (Å²) in [5, 5.41) is 11.9. The van der Waals surface area contributed by atoms with Gasteiger partial charge in [-0.05, 0) is 26.0 Å². The van der Waals surface area contributed by atoms with Crippen molar-refractivity contribution in [2.24, 2.45) is 0 Å². The van der Waals surface area contributed by atoms with Crippen LogP contribution < -0.4 is 5.32 Å². The van der Waals surface area contributed by atoms with Gasteiger partial charge in [-0.2, -0.15) is 0 Å². The minimum Gasteiger partial charge on any atom is -0.464 e. The molecule has 1 rings (SSSR count). The summed E-state index contributed by atoms with van der Waals surface area (Å²) in [4.78, 5) is 23.4. The van der Waals surface area contributed by atoms with Crippen molar-refractivity contribution in [3.05, 3.63) is 35.9 Å². The highest BCUT2D eigenvalue weighted by Crippen LogP contribution is 2.02. The minimum absolute atomic E-state index is 0.198. The van der Waals surface area contributed by atoms with Crippen LogP contribution in [0.2, 0.25) is 0 Å². The number of hydrogen-bond donors (Lipinski definition) is 2. The standard InChI is InChI=1S/C13H17NO4/c1-3-18-13(17)11(9(2)15)14-12(16)10-7-5-4-6-8-10/h4-9,11,15H,3H2,1-2H3,(H,14,16)/t9-,11+/m1/s1. The van der Waals surface area contributed by atoms with Gasteiger partial charge in [0.1, 0.15) is 0 Å². The zero-order chi connectivity index (χ0) is 13.5. The Morgan fingerprint density at radius 2 is 1.94 bits per heavy atom. The molecule has 0 unspecified atom stereocenters. The smallest absolute Gasteiger partial charge is 0.331 e. The average molecular weight is 251 g/mol.